The molecule has 1 aliphatic carbocycles. The molecule has 0 spiro atoms. The van der Waals surface area contributed by atoms with Crippen molar-refractivity contribution in [3.05, 3.63) is 46.1 Å². The van der Waals surface area contributed by atoms with Crippen molar-refractivity contribution in [2.45, 2.75) is 24.6 Å². The zero-order chi connectivity index (χ0) is 15.1. The van der Waals surface area contributed by atoms with Crippen LogP contribution in [0.1, 0.15) is 34.3 Å². The van der Waals surface area contributed by atoms with Gasteiger partial charge in [0.25, 0.3) is 5.54 Å². The number of esters is 1. The van der Waals surface area contributed by atoms with Crippen LogP contribution in [0.3, 0.4) is 0 Å². The van der Waals surface area contributed by atoms with E-state index >= 15 is 0 Å². The topological polar surface area (TPSA) is 30.7 Å². The zero-order valence-electron chi connectivity index (χ0n) is 10.3. The summed E-state index contributed by atoms with van der Waals surface area (Å²) < 4.78 is 56.8. The first-order chi connectivity index (χ1) is 9.27. The summed E-state index contributed by atoms with van der Waals surface area (Å²) in [4.78, 5) is 14.8. The van der Waals surface area contributed by atoms with E-state index in [1.165, 1.54) is 0 Å². The van der Waals surface area contributed by atoms with Crippen molar-refractivity contribution in [3.63, 3.8) is 0 Å². The first-order valence-corrected chi connectivity index (χ1v) is 5.64. The molecule has 0 aromatic heterocycles. The fourth-order valence-electron chi connectivity index (χ4n) is 2.07. The lowest BCUT2D eigenvalue weighted by molar-refractivity contribution is -0.140. The van der Waals surface area contributed by atoms with Crippen LogP contribution in [0.15, 0.2) is 12.1 Å². The Morgan fingerprint density at radius 3 is 2.40 bits per heavy atom. The number of nitrogens with zero attached hydrogens (tertiary/aromatic N) is 1. The lowest BCUT2D eigenvalue weighted by Gasteiger charge is -2.15. The summed E-state index contributed by atoms with van der Waals surface area (Å²) in [6, 6.07) is 1.35. The predicted molar refractivity (Wildman–Crippen MR) is 60.3 cm³/mol. The van der Waals surface area contributed by atoms with E-state index in [4.69, 9.17) is 6.57 Å². The molecule has 106 valence electrons. The van der Waals surface area contributed by atoms with Gasteiger partial charge >= 0.3 is 12.1 Å². The number of hydrogen-bond acceptors (Lipinski definition) is 2. The van der Waals surface area contributed by atoms with E-state index in [0.29, 0.717) is 6.07 Å². The normalized spacial score (nSPS) is 16.4. The van der Waals surface area contributed by atoms with Crippen LogP contribution < -0.4 is 0 Å². The molecule has 7 heteroatoms. The van der Waals surface area contributed by atoms with Gasteiger partial charge in [-0.25, -0.2) is 15.8 Å². The van der Waals surface area contributed by atoms with E-state index in [2.05, 4.69) is 9.58 Å². The van der Waals surface area contributed by atoms with Crippen LogP contribution >= 0.6 is 0 Å². The Labute approximate surface area is 112 Å². The number of rotatable bonds is 2. The third-order valence-electron chi connectivity index (χ3n) is 3.26. The fourth-order valence-corrected chi connectivity index (χ4v) is 2.07. The van der Waals surface area contributed by atoms with E-state index < -0.39 is 34.6 Å². The number of methoxy groups -OCH3 is 1. The number of hydrogen-bond donors (Lipinski definition) is 0. The molecule has 0 N–H and O–H groups in total. The minimum Gasteiger partial charge on any atom is -0.465 e. The largest absolute Gasteiger partial charge is 0.465 e. The number of halogens is 4. The van der Waals surface area contributed by atoms with E-state index in [1.54, 1.807) is 0 Å². The zero-order valence-corrected chi connectivity index (χ0v) is 10.3. The Bertz CT molecular complexity index is 612. The van der Waals surface area contributed by atoms with Gasteiger partial charge in [0.2, 0.25) is 0 Å². The second kappa shape index (κ2) is 4.47. The maximum Gasteiger partial charge on any atom is 0.419 e. The Hall–Kier alpha value is -2.10. The summed E-state index contributed by atoms with van der Waals surface area (Å²) in [5, 5.41) is 0. The summed E-state index contributed by atoms with van der Waals surface area (Å²) in [5.41, 5.74) is -3.69. The second-order valence-corrected chi connectivity index (χ2v) is 4.48. The van der Waals surface area contributed by atoms with Crippen molar-refractivity contribution < 1.29 is 27.1 Å². The van der Waals surface area contributed by atoms with Crippen molar-refractivity contribution in [2.24, 2.45) is 0 Å². The molecule has 1 aromatic rings. The first-order valence-electron chi connectivity index (χ1n) is 5.64. The molecule has 1 aromatic carbocycles. The number of benzene rings is 1. The highest BCUT2D eigenvalue weighted by atomic mass is 19.4. The molecule has 0 saturated heterocycles. The smallest absolute Gasteiger partial charge is 0.419 e. The summed E-state index contributed by atoms with van der Waals surface area (Å²) in [7, 11) is 1.04. The number of ether oxygens (including phenoxy) is 1. The highest BCUT2D eigenvalue weighted by Gasteiger charge is 2.57. The molecule has 0 aliphatic heterocycles. The Morgan fingerprint density at radius 1 is 1.40 bits per heavy atom. The predicted octanol–water partition coefficient (Wildman–Crippen LogP) is 3.54. The maximum atomic E-state index is 14.2. The van der Waals surface area contributed by atoms with Crippen LogP contribution in [0.5, 0.6) is 0 Å². The summed E-state index contributed by atoms with van der Waals surface area (Å²) >= 11 is 0. The molecule has 20 heavy (non-hydrogen) atoms. The number of carbonyl (C=O) groups is 1. The van der Waals surface area contributed by atoms with Crippen molar-refractivity contribution >= 4 is 5.97 Å². The third-order valence-corrected chi connectivity index (χ3v) is 3.26. The van der Waals surface area contributed by atoms with Crippen LogP contribution in [0.2, 0.25) is 0 Å². The Kier molecular flexibility index (Phi) is 3.20. The molecule has 0 bridgehead atoms. The average Bonchev–Trinajstić information content (AvgIpc) is 3.16. The standard InChI is InChI=1S/C13H9F4NO2/c1-18-12(5-6-12)9-7(11(19)20-2)3-4-8(10(9)14)13(15,16)17/h3-4H,5-6H2,2H3. The lowest BCUT2D eigenvalue weighted by Crippen LogP contribution is -2.18. The van der Waals surface area contributed by atoms with Gasteiger partial charge in [0.1, 0.15) is 5.82 Å². The highest BCUT2D eigenvalue weighted by molar-refractivity contribution is 5.92. The lowest BCUT2D eigenvalue weighted by atomic mass is 9.95. The average molecular weight is 287 g/mol. The third kappa shape index (κ3) is 2.11. The highest BCUT2D eigenvalue weighted by Crippen LogP contribution is 2.53. The summed E-state index contributed by atoms with van der Waals surface area (Å²) in [6.45, 7) is 7.05. The molecule has 1 fully saturated rings. The summed E-state index contributed by atoms with van der Waals surface area (Å²) in [5.74, 6) is -2.52. The molecule has 1 aliphatic rings. The SMILES string of the molecule is [C-]#[N+]C1(c2c(C(=O)OC)ccc(C(F)(F)F)c2F)CC1. The van der Waals surface area contributed by atoms with Crippen molar-refractivity contribution in [3.8, 4) is 0 Å². The minimum absolute atomic E-state index is 0.221. The van der Waals surface area contributed by atoms with Gasteiger partial charge in [0.05, 0.1) is 23.8 Å². The van der Waals surface area contributed by atoms with Crippen molar-refractivity contribution in [1.29, 1.82) is 0 Å². The van der Waals surface area contributed by atoms with Crippen LogP contribution in [0, 0.1) is 12.4 Å². The molecule has 0 atom stereocenters. The van der Waals surface area contributed by atoms with Crippen LogP contribution in [0.25, 0.3) is 4.85 Å². The molecule has 0 heterocycles. The number of carbonyl (C=O) groups excluding carboxylic acids is 1. The van der Waals surface area contributed by atoms with Gasteiger partial charge in [-0.3, -0.25) is 0 Å². The summed E-state index contributed by atoms with van der Waals surface area (Å²) in [6.07, 6.45) is -4.44. The monoisotopic (exact) mass is 287 g/mol. The second-order valence-electron chi connectivity index (χ2n) is 4.48. The van der Waals surface area contributed by atoms with Gasteiger partial charge in [-0.05, 0) is 12.1 Å². The van der Waals surface area contributed by atoms with Gasteiger partial charge in [0, 0.05) is 12.8 Å². The quantitative estimate of drug-likeness (QED) is 0.473. The van der Waals surface area contributed by atoms with Gasteiger partial charge in [0.15, 0.2) is 0 Å². The molecule has 1 saturated carbocycles. The first kappa shape index (κ1) is 14.3. The maximum absolute atomic E-state index is 14.2. The van der Waals surface area contributed by atoms with Gasteiger partial charge < -0.3 is 9.58 Å². The molecule has 0 unspecified atom stereocenters. The van der Waals surface area contributed by atoms with Crippen molar-refractivity contribution in [1.82, 2.24) is 0 Å². The van der Waals surface area contributed by atoms with E-state index in [-0.39, 0.29) is 18.4 Å². The molecule has 0 radical (unpaired) electrons. The molecular formula is C13H9F4NO2. The van der Waals surface area contributed by atoms with E-state index in [1.807, 2.05) is 0 Å². The van der Waals surface area contributed by atoms with Crippen LogP contribution in [0.4, 0.5) is 17.6 Å². The van der Waals surface area contributed by atoms with Crippen LogP contribution in [-0.2, 0) is 16.5 Å². The van der Waals surface area contributed by atoms with Crippen LogP contribution in [-0.4, -0.2) is 13.1 Å². The Balaban J connectivity index is 2.72. The van der Waals surface area contributed by atoms with E-state index in [0.717, 1.165) is 13.2 Å². The van der Waals surface area contributed by atoms with Crippen molar-refractivity contribution in [2.75, 3.05) is 7.11 Å². The fraction of sp³-hybridized carbons (Fsp3) is 0.385. The number of alkyl halides is 3. The Morgan fingerprint density at radius 2 is 2.00 bits per heavy atom. The molecule has 2 rings (SSSR count). The van der Waals surface area contributed by atoms with Gasteiger partial charge in [-0.15, -0.1) is 0 Å². The minimum atomic E-state index is -4.88. The molecular weight excluding hydrogens is 278 g/mol. The van der Waals surface area contributed by atoms with Gasteiger partial charge in [-0.2, -0.15) is 13.2 Å². The molecule has 0 amide bonds. The van der Waals surface area contributed by atoms with Gasteiger partial charge in [-0.1, -0.05) is 0 Å². The molecule has 3 nitrogen and oxygen atoms in total. The van der Waals surface area contributed by atoms with E-state index in [9.17, 15) is 22.4 Å².